The smallest absolute Gasteiger partial charge is 0.254 e. The van der Waals surface area contributed by atoms with Gasteiger partial charge in [-0.25, -0.2) is 4.39 Å². The van der Waals surface area contributed by atoms with Gasteiger partial charge in [0, 0.05) is 18.0 Å². The minimum absolute atomic E-state index is 0.0472. The van der Waals surface area contributed by atoms with Crippen LogP contribution in [0.2, 0.25) is 0 Å². The Kier molecular flexibility index (Phi) is 4.20. The third kappa shape index (κ3) is 3.01. The highest BCUT2D eigenvalue weighted by atomic mass is 32.1. The van der Waals surface area contributed by atoms with Crippen LogP contribution < -0.4 is 5.32 Å². The van der Waals surface area contributed by atoms with E-state index in [0.29, 0.717) is 13.1 Å². The first-order valence-electron chi connectivity index (χ1n) is 7.01. The molecule has 3 rings (SSSR count). The summed E-state index contributed by atoms with van der Waals surface area (Å²) in [7, 11) is 0. The molecule has 0 fully saturated rings. The highest BCUT2D eigenvalue weighted by Crippen LogP contribution is 2.23. The minimum Gasteiger partial charge on any atom is -0.343 e. The molecule has 4 nitrogen and oxygen atoms in total. The highest BCUT2D eigenvalue weighted by molar-refractivity contribution is 7.10. The van der Waals surface area contributed by atoms with E-state index in [2.05, 4.69) is 5.32 Å². The largest absolute Gasteiger partial charge is 0.343 e. The molecule has 1 aromatic carbocycles. The lowest BCUT2D eigenvalue weighted by atomic mass is 10.1. The molecule has 0 saturated carbocycles. The Hall–Kier alpha value is -2.21. The fraction of sp³-hybridized carbons (Fsp3) is 0.250. The maximum absolute atomic E-state index is 13.5. The molecule has 0 atom stereocenters. The first-order valence-corrected chi connectivity index (χ1v) is 7.89. The number of thiophene rings is 1. The number of nitrogens with one attached hydrogen (secondary N) is 1. The molecular formula is C16H15FN2O2S. The maximum atomic E-state index is 13.5. The van der Waals surface area contributed by atoms with Gasteiger partial charge in [-0.15, -0.1) is 11.3 Å². The molecule has 0 unspecified atom stereocenters. The Morgan fingerprint density at radius 1 is 1.27 bits per heavy atom. The van der Waals surface area contributed by atoms with E-state index in [1.807, 2.05) is 11.4 Å². The number of nitrogens with zero attached hydrogens (tertiary/aromatic N) is 1. The van der Waals surface area contributed by atoms with E-state index >= 15 is 0 Å². The number of amides is 2. The summed E-state index contributed by atoms with van der Waals surface area (Å²) >= 11 is 1.71. The number of halogens is 1. The van der Waals surface area contributed by atoms with Crippen molar-refractivity contribution < 1.29 is 14.0 Å². The Balaban J connectivity index is 1.57. The van der Waals surface area contributed by atoms with Crippen molar-refractivity contribution in [3.05, 3.63) is 57.5 Å². The van der Waals surface area contributed by atoms with Crippen molar-refractivity contribution in [2.75, 3.05) is 13.1 Å². The molecule has 1 aliphatic rings. The van der Waals surface area contributed by atoms with Gasteiger partial charge in [0.2, 0.25) is 5.91 Å². The zero-order valence-electron chi connectivity index (χ0n) is 11.8. The van der Waals surface area contributed by atoms with Crippen LogP contribution >= 0.6 is 11.3 Å². The summed E-state index contributed by atoms with van der Waals surface area (Å²) in [6, 6.07) is 7.75. The lowest BCUT2D eigenvalue weighted by Crippen LogP contribution is -2.42. The monoisotopic (exact) mass is 318 g/mol. The van der Waals surface area contributed by atoms with Crippen molar-refractivity contribution in [3.63, 3.8) is 0 Å². The summed E-state index contributed by atoms with van der Waals surface area (Å²) in [5.41, 5.74) is 1.12. The Bertz CT molecular complexity index is 714. The Morgan fingerprint density at radius 3 is 2.91 bits per heavy atom. The zero-order valence-corrected chi connectivity index (χ0v) is 12.7. The van der Waals surface area contributed by atoms with Gasteiger partial charge in [0.05, 0.1) is 12.1 Å². The molecule has 0 radical (unpaired) electrons. The van der Waals surface area contributed by atoms with Gasteiger partial charge in [0.1, 0.15) is 5.82 Å². The zero-order chi connectivity index (χ0) is 15.5. The molecule has 2 heterocycles. The van der Waals surface area contributed by atoms with Crippen LogP contribution in [0.4, 0.5) is 4.39 Å². The van der Waals surface area contributed by atoms with Crippen molar-refractivity contribution in [1.82, 2.24) is 10.2 Å². The lowest BCUT2D eigenvalue weighted by Gasteiger charge is -2.27. The third-order valence-electron chi connectivity index (χ3n) is 3.68. The lowest BCUT2D eigenvalue weighted by molar-refractivity contribution is -0.131. The van der Waals surface area contributed by atoms with E-state index in [1.54, 1.807) is 22.3 Å². The number of carbonyl (C=O) groups is 2. The molecule has 6 heteroatoms. The predicted molar refractivity (Wildman–Crippen MR) is 82.2 cm³/mol. The Morgan fingerprint density at radius 2 is 2.09 bits per heavy atom. The minimum atomic E-state index is -0.590. The molecule has 1 N–H and O–H groups in total. The van der Waals surface area contributed by atoms with Crippen molar-refractivity contribution in [3.8, 4) is 0 Å². The quantitative estimate of drug-likeness (QED) is 0.943. The van der Waals surface area contributed by atoms with E-state index in [9.17, 15) is 14.0 Å². The molecule has 2 amide bonds. The van der Waals surface area contributed by atoms with Gasteiger partial charge in [-0.1, -0.05) is 12.1 Å². The van der Waals surface area contributed by atoms with Gasteiger partial charge in [0.25, 0.3) is 5.91 Å². The van der Waals surface area contributed by atoms with Crippen molar-refractivity contribution in [1.29, 1.82) is 0 Å². The molecule has 1 aromatic heterocycles. The summed E-state index contributed by atoms with van der Waals surface area (Å²) < 4.78 is 13.5. The number of hydrogen-bond donors (Lipinski definition) is 1. The summed E-state index contributed by atoms with van der Waals surface area (Å²) in [6.07, 6.45) is 0.847. The SMILES string of the molecule is O=C(NCC(=O)N1CCc2sccc2C1)c1ccccc1F. The number of benzene rings is 1. The van der Waals surface area contributed by atoms with Crippen LogP contribution in [0, 0.1) is 5.82 Å². The molecule has 0 aliphatic carbocycles. The first kappa shape index (κ1) is 14.7. The van der Waals surface area contributed by atoms with E-state index < -0.39 is 11.7 Å². The second-order valence-corrected chi connectivity index (χ2v) is 6.10. The average Bonchev–Trinajstić information content (AvgIpc) is 3.00. The van der Waals surface area contributed by atoms with Gasteiger partial charge in [-0.05, 0) is 35.6 Å². The summed E-state index contributed by atoms with van der Waals surface area (Å²) in [6.45, 7) is 1.11. The van der Waals surface area contributed by atoms with Gasteiger partial charge >= 0.3 is 0 Å². The van der Waals surface area contributed by atoms with Crippen LogP contribution in [-0.2, 0) is 17.8 Å². The normalized spacial score (nSPS) is 13.6. The van der Waals surface area contributed by atoms with E-state index in [1.165, 1.54) is 28.6 Å². The molecule has 2 aromatic rings. The van der Waals surface area contributed by atoms with Crippen LogP contribution in [0.5, 0.6) is 0 Å². The molecule has 114 valence electrons. The third-order valence-corrected chi connectivity index (χ3v) is 4.70. The number of fused-ring (bicyclic) bond motifs is 1. The number of rotatable bonds is 3. The molecular weight excluding hydrogens is 303 g/mol. The topological polar surface area (TPSA) is 49.4 Å². The average molecular weight is 318 g/mol. The van der Waals surface area contributed by atoms with Crippen LogP contribution in [0.3, 0.4) is 0 Å². The first-order chi connectivity index (χ1) is 10.6. The Labute approximate surface area is 131 Å². The summed E-state index contributed by atoms with van der Waals surface area (Å²) in [4.78, 5) is 27.1. The summed E-state index contributed by atoms with van der Waals surface area (Å²) in [5, 5.41) is 4.51. The van der Waals surface area contributed by atoms with E-state index in [-0.39, 0.29) is 18.0 Å². The maximum Gasteiger partial charge on any atom is 0.254 e. The standard InChI is InChI=1S/C16H15FN2O2S/c17-13-4-2-1-3-12(13)16(21)18-9-15(20)19-7-5-14-11(10-19)6-8-22-14/h1-4,6,8H,5,7,9-10H2,(H,18,21). The molecule has 22 heavy (non-hydrogen) atoms. The molecule has 0 saturated heterocycles. The van der Waals surface area contributed by atoms with E-state index in [4.69, 9.17) is 0 Å². The van der Waals surface area contributed by atoms with Gasteiger partial charge in [-0.3, -0.25) is 9.59 Å². The van der Waals surface area contributed by atoms with Crippen molar-refractivity contribution >= 4 is 23.2 Å². The fourth-order valence-corrected chi connectivity index (χ4v) is 3.36. The van der Waals surface area contributed by atoms with Crippen molar-refractivity contribution in [2.45, 2.75) is 13.0 Å². The molecule has 0 spiro atoms. The van der Waals surface area contributed by atoms with Crippen LogP contribution in [0.1, 0.15) is 20.8 Å². The van der Waals surface area contributed by atoms with Gasteiger partial charge < -0.3 is 10.2 Å². The van der Waals surface area contributed by atoms with Crippen molar-refractivity contribution in [2.24, 2.45) is 0 Å². The summed E-state index contributed by atoms with van der Waals surface area (Å²) in [5.74, 6) is -1.31. The van der Waals surface area contributed by atoms with Crippen LogP contribution in [-0.4, -0.2) is 29.8 Å². The van der Waals surface area contributed by atoms with Gasteiger partial charge in [-0.2, -0.15) is 0 Å². The number of hydrogen-bond acceptors (Lipinski definition) is 3. The fourth-order valence-electron chi connectivity index (χ4n) is 2.47. The van der Waals surface area contributed by atoms with Crippen LogP contribution in [0.15, 0.2) is 35.7 Å². The molecule has 0 bridgehead atoms. The molecule has 1 aliphatic heterocycles. The second-order valence-electron chi connectivity index (χ2n) is 5.10. The van der Waals surface area contributed by atoms with Gasteiger partial charge in [0.15, 0.2) is 0 Å². The number of carbonyl (C=O) groups excluding carboxylic acids is 2. The van der Waals surface area contributed by atoms with Crippen LogP contribution in [0.25, 0.3) is 0 Å². The second kappa shape index (κ2) is 6.27. The van der Waals surface area contributed by atoms with E-state index in [0.717, 1.165) is 6.42 Å². The highest BCUT2D eigenvalue weighted by Gasteiger charge is 2.22. The predicted octanol–water partition coefficient (Wildman–Crippen LogP) is 2.20.